The molecule has 1 aromatic heterocycles. The summed E-state index contributed by atoms with van der Waals surface area (Å²) in [4.78, 5) is 12.8. The Kier molecular flexibility index (Phi) is 6.01. The van der Waals surface area contributed by atoms with Gasteiger partial charge in [-0.25, -0.2) is 0 Å². The SMILES string of the molecule is O=C(NCCc1ccccc1)c1csc(C#CCCO)c1. The summed E-state index contributed by atoms with van der Waals surface area (Å²) in [7, 11) is 0. The van der Waals surface area contributed by atoms with Crippen molar-refractivity contribution in [3.8, 4) is 11.8 Å². The molecule has 0 bridgehead atoms. The van der Waals surface area contributed by atoms with Crippen LogP contribution in [0.3, 0.4) is 0 Å². The zero-order valence-corrected chi connectivity index (χ0v) is 12.5. The van der Waals surface area contributed by atoms with Crippen molar-refractivity contribution in [2.75, 3.05) is 13.2 Å². The third-order valence-electron chi connectivity index (χ3n) is 2.85. The van der Waals surface area contributed by atoms with Crippen LogP contribution in [-0.4, -0.2) is 24.2 Å². The topological polar surface area (TPSA) is 49.3 Å². The van der Waals surface area contributed by atoms with Crippen LogP contribution in [-0.2, 0) is 6.42 Å². The standard InChI is InChI=1S/C17H17NO2S/c19-11-5-4-8-16-12-15(13-21-16)17(20)18-10-9-14-6-2-1-3-7-14/h1-3,6-7,12-13,19H,5,9-11H2,(H,18,20). The first-order valence-electron chi connectivity index (χ1n) is 6.80. The zero-order chi connectivity index (χ0) is 14.9. The average Bonchev–Trinajstić information content (AvgIpc) is 2.97. The van der Waals surface area contributed by atoms with Crippen molar-refractivity contribution in [2.45, 2.75) is 12.8 Å². The lowest BCUT2D eigenvalue weighted by Gasteiger charge is -2.03. The van der Waals surface area contributed by atoms with Gasteiger partial charge in [-0.2, -0.15) is 0 Å². The minimum atomic E-state index is -0.0719. The number of aliphatic hydroxyl groups is 1. The van der Waals surface area contributed by atoms with Gasteiger partial charge in [0.1, 0.15) is 0 Å². The minimum Gasteiger partial charge on any atom is -0.395 e. The molecule has 108 valence electrons. The van der Waals surface area contributed by atoms with Gasteiger partial charge in [0.25, 0.3) is 5.91 Å². The quantitative estimate of drug-likeness (QED) is 0.833. The van der Waals surface area contributed by atoms with E-state index in [0.717, 1.165) is 11.3 Å². The van der Waals surface area contributed by atoms with Crippen molar-refractivity contribution >= 4 is 17.2 Å². The molecule has 0 aliphatic carbocycles. The monoisotopic (exact) mass is 299 g/mol. The lowest BCUT2D eigenvalue weighted by atomic mass is 10.1. The Bertz CT molecular complexity index is 638. The summed E-state index contributed by atoms with van der Waals surface area (Å²) < 4.78 is 0. The summed E-state index contributed by atoms with van der Waals surface area (Å²) in [6.07, 6.45) is 1.27. The lowest BCUT2D eigenvalue weighted by molar-refractivity contribution is 0.0954. The Morgan fingerprint density at radius 3 is 2.86 bits per heavy atom. The number of hydrogen-bond acceptors (Lipinski definition) is 3. The van der Waals surface area contributed by atoms with Gasteiger partial charge in [0, 0.05) is 18.3 Å². The number of thiophene rings is 1. The van der Waals surface area contributed by atoms with E-state index in [-0.39, 0.29) is 12.5 Å². The van der Waals surface area contributed by atoms with E-state index >= 15 is 0 Å². The number of carbonyl (C=O) groups excluding carboxylic acids is 1. The molecule has 2 rings (SSSR count). The van der Waals surface area contributed by atoms with E-state index in [9.17, 15) is 4.79 Å². The molecule has 1 amide bonds. The van der Waals surface area contributed by atoms with Gasteiger partial charge in [0.15, 0.2) is 0 Å². The van der Waals surface area contributed by atoms with E-state index in [0.29, 0.717) is 18.5 Å². The number of nitrogens with one attached hydrogen (secondary N) is 1. The van der Waals surface area contributed by atoms with Crippen LogP contribution in [0, 0.1) is 11.8 Å². The summed E-state index contributed by atoms with van der Waals surface area (Å²) in [5.41, 5.74) is 1.85. The Morgan fingerprint density at radius 1 is 1.29 bits per heavy atom. The molecule has 0 aliphatic rings. The van der Waals surface area contributed by atoms with Crippen molar-refractivity contribution in [2.24, 2.45) is 0 Å². The summed E-state index contributed by atoms with van der Waals surface area (Å²) in [6.45, 7) is 0.676. The van der Waals surface area contributed by atoms with Gasteiger partial charge < -0.3 is 10.4 Å². The predicted octanol–water partition coefficient (Wildman–Crippen LogP) is 2.45. The fourth-order valence-electron chi connectivity index (χ4n) is 1.79. The van der Waals surface area contributed by atoms with Crippen LogP contribution in [0.2, 0.25) is 0 Å². The van der Waals surface area contributed by atoms with Gasteiger partial charge in [-0.15, -0.1) is 11.3 Å². The molecule has 2 N–H and O–H groups in total. The van der Waals surface area contributed by atoms with E-state index in [1.165, 1.54) is 16.9 Å². The molecule has 21 heavy (non-hydrogen) atoms. The summed E-state index contributed by atoms with van der Waals surface area (Å²) in [6, 6.07) is 11.8. The van der Waals surface area contributed by atoms with Crippen LogP contribution < -0.4 is 5.32 Å². The van der Waals surface area contributed by atoms with E-state index < -0.39 is 0 Å². The van der Waals surface area contributed by atoms with Crippen LogP contribution in [0.4, 0.5) is 0 Å². The highest BCUT2D eigenvalue weighted by Gasteiger charge is 2.07. The maximum absolute atomic E-state index is 12.0. The predicted molar refractivity (Wildman–Crippen MR) is 85.4 cm³/mol. The molecule has 0 spiro atoms. The molecule has 4 heteroatoms. The largest absolute Gasteiger partial charge is 0.395 e. The molecular formula is C17H17NO2S. The van der Waals surface area contributed by atoms with Gasteiger partial charge in [0.05, 0.1) is 17.0 Å². The Labute approximate surface area is 128 Å². The van der Waals surface area contributed by atoms with Crippen molar-refractivity contribution < 1.29 is 9.90 Å². The van der Waals surface area contributed by atoms with Crippen molar-refractivity contribution in [3.63, 3.8) is 0 Å². The number of amides is 1. The number of benzene rings is 1. The van der Waals surface area contributed by atoms with Crippen molar-refractivity contribution in [1.29, 1.82) is 0 Å². The molecule has 1 heterocycles. The van der Waals surface area contributed by atoms with Gasteiger partial charge in [0.2, 0.25) is 0 Å². The van der Waals surface area contributed by atoms with Crippen LogP contribution in [0.5, 0.6) is 0 Å². The van der Waals surface area contributed by atoms with E-state index in [1.807, 2.05) is 30.3 Å². The van der Waals surface area contributed by atoms with Crippen molar-refractivity contribution in [3.05, 3.63) is 57.8 Å². The second kappa shape index (κ2) is 8.25. The second-order valence-corrected chi connectivity index (χ2v) is 5.38. The minimum absolute atomic E-state index is 0.0607. The molecule has 0 unspecified atom stereocenters. The Morgan fingerprint density at radius 2 is 2.10 bits per heavy atom. The summed E-state index contributed by atoms with van der Waals surface area (Å²) >= 11 is 1.44. The van der Waals surface area contributed by atoms with Gasteiger partial charge in [-0.1, -0.05) is 42.2 Å². The summed E-state index contributed by atoms with van der Waals surface area (Å²) in [5.74, 6) is 5.71. The van der Waals surface area contributed by atoms with Crippen LogP contribution in [0.25, 0.3) is 0 Å². The fraction of sp³-hybridized carbons (Fsp3) is 0.235. The molecule has 0 saturated carbocycles. The molecule has 2 aromatic rings. The van der Waals surface area contributed by atoms with Gasteiger partial charge in [-0.3, -0.25) is 4.79 Å². The highest BCUT2D eigenvalue weighted by Crippen LogP contribution is 2.13. The van der Waals surface area contributed by atoms with Gasteiger partial charge in [-0.05, 0) is 18.1 Å². The first-order valence-corrected chi connectivity index (χ1v) is 7.68. The van der Waals surface area contributed by atoms with Crippen LogP contribution in [0.1, 0.15) is 27.2 Å². The smallest absolute Gasteiger partial charge is 0.252 e. The molecule has 1 aromatic carbocycles. The molecular weight excluding hydrogens is 282 g/mol. The third-order valence-corrected chi connectivity index (χ3v) is 3.70. The first-order chi connectivity index (χ1) is 10.3. The fourth-order valence-corrected chi connectivity index (χ4v) is 2.55. The maximum Gasteiger partial charge on any atom is 0.252 e. The third kappa shape index (κ3) is 5.07. The Balaban J connectivity index is 1.82. The summed E-state index contributed by atoms with van der Waals surface area (Å²) in [5, 5.41) is 13.4. The molecule has 0 atom stereocenters. The van der Waals surface area contributed by atoms with E-state index in [4.69, 9.17) is 5.11 Å². The lowest BCUT2D eigenvalue weighted by Crippen LogP contribution is -2.25. The molecule has 0 saturated heterocycles. The average molecular weight is 299 g/mol. The number of aliphatic hydroxyl groups excluding tert-OH is 1. The number of carbonyl (C=O) groups is 1. The van der Waals surface area contributed by atoms with E-state index in [2.05, 4.69) is 17.2 Å². The highest BCUT2D eigenvalue weighted by atomic mass is 32.1. The van der Waals surface area contributed by atoms with E-state index in [1.54, 1.807) is 11.4 Å². The molecule has 0 radical (unpaired) electrons. The Hall–Kier alpha value is -2.09. The van der Waals surface area contributed by atoms with Gasteiger partial charge >= 0.3 is 0 Å². The normalized spacial score (nSPS) is 9.76. The first kappa shape index (κ1) is 15.3. The highest BCUT2D eigenvalue weighted by molar-refractivity contribution is 7.10. The maximum atomic E-state index is 12.0. The molecule has 3 nitrogen and oxygen atoms in total. The van der Waals surface area contributed by atoms with Crippen LogP contribution >= 0.6 is 11.3 Å². The number of hydrogen-bond donors (Lipinski definition) is 2. The van der Waals surface area contributed by atoms with Crippen molar-refractivity contribution in [1.82, 2.24) is 5.32 Å². The number of rotatable bonds is 5. The molecule has 0 fully saturated rings. The van der Waals surface area contributed by atoms with Crippen LogP contribution in [0.15, 0.2) is 41.8 Å². The molecule has 0 aliphatic heterocycles. The zero-order valence-electron chi connectivity index (χ0n) is 11.6. The second-order valence-electron chi connectivity index (χ2n) is 4.47.